The number of nitrogens with one attached hydrogen (secondary N) is 1. The fourth-order valence-electron chi connectivity index (χ4n) is 4.86. The molecule has 12 heteroatoms. The van der Waals surface area contributed by atoms with Gasteiger partial charge in [0.25, 0.3) is 10.0 Å². The van der Waals surface area contributed by atoms with Gasteiger partial charge in [-0.25, -0.2) is 28.1 Å². The number of likely N-dealkylation sites (N-methyl/N-ethyl adjacent to an activating group) is 1. The molecule has 11 nitrogen and oxygen atoms in total. The van der Waals surface area contributed by atoms with E-state index in [-0.39, 0.29) is 4.90 Å². The van der Waals surface area contributed by atoms with E-state index in [0.717, 1.165) is 37.4 Å². The third-order valence-electron chi connectivity index (χ3n) is 6.93. The van der Waals surface area contributed by atoms with E-state index in [4.69, 9.17) is 0 Å². The fraction of sp³-hybridized carbons (Fsp3) is 0.308. The minimum Gasteiger partial charge on any atom is -0.369 e. The van der Waals surface area contributed by atoms with Crippen LogP contribution >= 0.6 is 0 Å². The Balaban J connectivity index is 1.33. The molecule has 6 rings (SSSR count). The van der Waals surface area contributed by atoms with Gasteiger partial charge in [-0.05, 0) is 55.9 Å². The van der Waals surface area contributed by atoms with Crippen molar-refractivity contribution >= 4 is 33.0 Å². The molecule has 1 saturated heterocycles. The van der Waals surface area contributed by atoms with Gasteiger partial charge in [-0.2, -0.15) is 5.10 Å². The van der Waals surface area contributed by atoms with Gasteiger partial charge in [-0.1, -0.05) is 6.92 Å². The Labute approximate surface area is 221 Å². The minimum absolute atomic E-state index is 0.0999. The van der Waals surface area contributed by atoms with Gasteiger partial charge < -0.3 is 15.1 Å². The summed E-state index contributed by atoms with van der Waals surface area (Å²) in [5.41, 5.74) is 4.39. The SMILES string of the molecule is CCCN1c2cc(-n3cncn3)ccc2-c2nc(Nc3ccc(N4CCN(C)CC4)cc3)ncc2S1(=O)=O. The number of rotatable bonds is 6. The van der Waals surface area contributed by atoms with E-state index >= 15 is 0 Å². The number of benzene rings is 2. The van der Waals surface area contributed by atoms with E-state index in [1.807, 2.05) is 37.3 Å². The van der Waals surface area contributed by atoms with Crippen LogP contribution in [0.1, 0.15) is 13.3 Å². The lowest BCUT2D eigenvalue weighted by molar-refractivity contribution is 0.313. The maximum Gasteiger partial charge on any atom is 0.268 e. The molecule has 0 amide bonds. The maximum atomic E-state index is 13.6. The van der Waals surface area contributed by atoms with Crippen LogP contribution in [0.5, 0.6) is 0 Å². The first kappa shape index (κ1) is 24.3. The molecule has 0 radical (unpaired) electrons. The largest absolute Gasteiger partial charge is 0.369 e. The predicted octanol–water partition coefficient (Wildman–Crippen LogP) is 3.14. The Hall–Kier alpha value is -4.03. The van der Waals surface area contributed by atoms with Crippen LogP contribution in [-0.2, 0) is 10.0 Å². The molecule has 2 aromatic heterocycles. The normalized spacial score (nSPS) is 16.7. The molecule has 2 aliphatic heterocycles. The summed E-state index contributed by atoms with van der Waals surface area (Å²) >= 11 is 0. The number of piperazine rings is 1. The molecule has 4 aromatic rings. The molecule has 4 heterocycles. The third-order valence-corrected chi connectivity index (χ3v) is 8.74. The van der Waals surface area contributed by atoms with Gasteiger partial charge >= 0.3 is 0 Å². The molecule has 0 atom stereocenters. The Bertz CT molecular complexity index is 1550. The molecule has 1 N–H and O–H groups in total. The molecule has 0 spiro atoms. The molecule has 38 heavy (non-hydrogen) atoms. The Morgan fingerprint density at radius 2 is 1.76 bits per heavy atom. The maximum absolute atomic E-state index is 13.6. The van der Waals surface area contributed by atoms with Crippen molar-refractivity contribution in [1.82, 2.24) is 29.6 Å². The zero-order valence-electron chi connectivity index (χ0n) is 21.3. The highest BCUT2D eigenvalue weighted by Gasteiger charge is 2.36. The minimum atomic E-state index is -3.83. The van der Waals surface area contributed by atoms with Crippen molar-refractivity contribution in [2.45, 2.75) is 18.2 Å². The van der Waals surface area contributed by atoms with E-state index < -0.39 is 10.0 Å². The highest BCUT2D eigenvalue weighted by Crippen LogP contribution is 2.43. The lowest BCUT2D eigenvalue weighted by Crippen LogP contribution is -2.44. The summed E-state index contributed by atoms with van der Waals surface area (Å²) in [6, 6.07) is 13.7. The van der Waals surface area contributed by atoms with Crippen molar-refractivity contribution in [3.05, 3.63) is 61.3 Å². The molecule has 0 bridgehead atoms. The highest BCUT2D eigenvalue weighted by molar-refractivity contribution is 7.93. The molecule has 196 valence electrons. The first-order valence-corrected chi connectivity index (χ1v) is 14.1. The topological polar surface area (TPSA) is 112 Å². The van der Waals surface area contributed by atoms with Gasteiger partial charge in [0.15, 0.2) is 0 Å². The van der Waals surface area contributed by atoms with E-state index in [0.29, 0.717) is 36.0 Å². The summed E-state index contributed by atoms with van der Waals surface area (Å²) in [7, 11) is -1.69. The average molecular weight is 532 g/mol. The van der Waals surface area contributed by atoms with E-state index in [2.05, 4.69) is 54.3 Å². The van der Waals surface area contributed by atoms with Crippen molar-refractivity contribution in [3.63, 3.8) is 0 Å². The van der Waals surface area contributed by atoms with Crippen LogP contribution in [0.2, 0.25) is 0 Å². The second kappa shape index (κ2) is 9.69. The Morgan fingerprint density at radius 1 is 1.00 bits per heavy atom. The Morgan fingerprint density at radius 3 is 2.47 bits per heavy atom. The van der Waals surface area contributed by atoms with Crippen LogP contribution in [0, 0.1) is 0 Å². The molecule has 0 saturated carbocycles. The molecule has 2 aliphatic rings. The zero-order chi connectivity index (χ0) is 26.3. The number of anilines is 4. The van der Waals surface area contributed by atoms with Crippen molar-refractivity contribution in [3.8, 4) is 16.9 Å². The summed E-state index contributed by atoms with van der Waals surface area (Å²) < 4.78 is 30.3. The fourth-order valence-corrected chi connectivity index (χ4v) is 6.52. The molecule has 0 aliphatic carbocycles. The molecule has 2 aromatic carbocycles. The van der Waals surface area contributed by atoms with Crippen molar-refractivity contribution in [2.24, 2.45) is 0 Å². The zero-order valence-corrected chi connectivity index (χ0v) is 22.1. The van der Waals surface area contributed by atoms with Gasteiger partial charge in [0.05, 0.1) is 23.3 Å². The number of fused-ring (bicyclic) bond motifs is 3. The van der Waals surface area contributed by atoms with Gasteiger partial charge in [-0.15, -0.1) is 0 Å². The number of nitrogens with zero attached hydrogens (tertiary/aromatic N) is 8. The number of aromatic nitrogens is 5. The molecular weight excluding hydrogens is 502 g/mol. The number of hydrogen-bond donors (Lipinski definition) is 1. The van der Waals surface area contributed by atoms with Crippen LogP contribution in [-0.4, -0.2) is 77.8 Å². The van der Waals surface area contributed by atoms with Crippen LogP contribution in [0.4, 0.5) is 23.0 Å². The van der Waals surface area contributed by atoms with Crippen LogP contribution in [0.25, 0.3) is 16.9 Å². The second-order valence-corrected chi connectivity index (χ2v) is 11.3. The lowest BCUT2D eigenvalue weighted by atomic mass is 10.1. The quantitative estimate of drug-likeness (QED) is 0.401. The van der Waals surface area contributed by atoms with Crippen molar-refractivity contribution < 1.29 is 8.42 Å². The Kier molecular flexibility index (Phi) is 6.20. The second-order valence-electron chi connectivity index (χ2n) is 9.49. The first-order valence-electron chi connectivity index (χ1n) is 12.6. The van der Waals surface area contributed by atoms with E-state index in [1.54, 1.807) is 11.0 Å². The van der Waals surface area contributed by atoms with E-state index in [9.17, 15) is 8.42 Å². The smallest absolute Gasteiger partial charge is 0.268 e. The monoisotopic (exact) mass is 531 g/mol. The van der Waals surface area contributed by atoms with Crippen molar-refractivity contribution in [1.29, 1.82) is 0 Å². The summed E-state index contributed by atoms with van der Waals surface area (Å²) in [4.78, 5) is 17.8. The van der Waals surface area contributed by atoms with Crippen LogP contribution < -0.4 is 14.5 Å². The van der Waals surface area contributed by atoms with Crippen molar-refractivity contribution in [2.75, 3.05) is 54.3 Å². The predicted molar refractivity (Wildman–Crippen MR) is 147 cm³/mol. The standard InChI is InChI=1S/C26H29N9O2S/c1-3-10-35-23-15-21(34-18-27-17-29-34)8-9-22(23)25-24(38(35,36)37)16-28-26(31-25)30-19-4-6-20(7-5-19)33-13-11-32(2)12-14-33/h4-9,15-18H,3,10-14H2,1-2H3,(H,28,30,31). The lowest BCUT2D eigenvalue weighted by Gasteiger charge is -2.34. The third kappa shape index (κ3) is 4.35. The van der Waals surface area contributed by atoms with Gasteiger partial charge in [0.1, 0.15) is 17.6 Å². The van der Waals surface area contributed by atoms with Crippen LogP contribution in [0.3, 0.4) is 0 Å². The van der Waals surface area contributed by atoms with Crippen LogP contribution in [0.15, 0.2) is 66.2 Å². The van der Waals surface area contributed by atoms with E-state index in [1.165, 1.54) is 22.5 Å². The number of sulfonamides is 1. The highest BCUT2D eigenvalue weighted by atomic mass is 32.2. The summed E-state index contributed by atoms with van der Waals surface area (Å²) in [6.07, 6.45) is 5.08. The summed E-state index contributed by atoms with van der Waals surface area (Å²) in [6.45, 7) is 6.38. The van der Waals surface area contributed by atoms with Gasteiger partial charge in [-0.3, -0.25) is 4.31 Å². The first-order chi connectivity index (χ1) is 18.4. The number of hydrogen-bond acceptors (Lipinski definition) is 9. The molecule has 0 unspecified atom stereocenters. The molecular formula is C26H29N9O2S. The average Bonchev–Trinajstić information content (AvgIpc) is 3.47. The summed E-state index contributed by atoms with van der Waals surface area (Å²) in [5.74, 6) is 0.335. The molecule has 1 fully saturated rings. The van der Waals surface area contributed by atoms with Gasteiger partial charge in [0, 0.05) is 49.7 Å². The van der Waals surface area contributed by atoms with Gasteiger partial charge in [0.2, 0.25) is 5.95 Å². The summed E-state index contributed by atoms with van der Waals surface area (Å²) in [5, 5.41) is 7.42.